The number of hydrogen-bond donors (Lipinski definition) is 3. The van der Waals surface area contributed by atoms with E-state index in [0.29, 0.717) is 0 Å². The van der Waals surface area contributed by atoms with Crippen LogP contribution in [-0.4, -0.2) is 28.6 Å². The van der Waals surface area contributed by atoms with Gasteiger partial charge >= 0.3 is 11.8 Å². The second kappa shape index (κ2) is 8.43. The van der Waals surface area contributed by atoms with Crippen LogP contribution in [0.1, 0.15) is 20.7 Å². The molecule has 26 heavy (non-hydrogen) atoms. The first-order valence-corrected chi connectivity index (χ1v) is 7.81. The van der Waals surface area contributed by atoms with Crippen LogP contribution in [0.2, 0.25) is 10.0 Å². The molecule has 4 amide bonds. The summed E-state index contributed by atoms with van der Waals surface area (Å²) >= 11 is 11.9. The normalized spacial score (nSPS) is 9.96. The zero-order chi connectivity index (χ0) is 19.3. The summed E-state index contributed by atoms with van der Waals surface area (Å²) in [5.74, 6) is 0.304. The second-order valence-electron chi connectivity index (χ2n) is 4.82. The van der Waals surface area contributed by atoms with E-state index in [2.05, 4.69) is 5.43 Å². The van der Waals surface area contributed by atoms with Crippen molar-refractivity contribution in [3.8, 4) is 0 Å². The van der Waals surface area contributed by atoms with Crippen molar-refractivity contribution in [1.82, 2.24) is 15.9 Å². The average molecular weight is 395 g/mol. The van der Waals surface area contributed by atoms with E-state index in [1.54, 1.807) is 17.6 Å². The smallest absolute Gasteiger partial charge is 0.286 e. The molecule has 0 fully saturated rings. The van der Waals surface area contributed by atoms with Gasteiger partial charge < -0.3 is 0 Å². The lowest BCUT2D eigenvalue weighted by Gasteiger charge is -2.21. The van der Waals surface area contributed by atoms with Gasteiger partial charge in [0.1, 0.15) is 0 Å². The van der Waals surface area contributed by atoms with Gasteiger partial charge in [-0.05, 0) is 24.3 Å². The van der Waals surface area contributed by atoms with Crippen molar-refractivity contribution in [2.45, 2.75) is 0 Å². The van der Waals surface area contributed by atoms with Crippen LogP contribution in [0.15, 0.2) is 48.5 Å². The Kier molecular flexibility index (Phi) is 6.29. The molecule has 2 rings (SSSR count). The Bertz CT molecular complexity index is 888. The van der Waals surface area contributed by atoms with Crippen LogP contribution >= 0.6 is 23.2 Å². The molecule has 0 aliphatic carbocycles. The fraction of sp³-hybridized carbons (Fsp3) is 0. The molecule has 0 heterocycles. The van der Waals surface area contributed by atoms with Crippen LogP contribution in [0.4, 0.5) is 0 Å². The minimum atomic E-state index is -1.40. The summed E-state index contributed by atoms with van der Waals surface area (Å²) in [5, 5.41) is 0.330. The molecule has 0 radical (unpaired) electrons. The van der Waals surface area contributed by atoms with Gasteiger partial charge in [0, 0.05) is 0 Å². The number of nitrogens with zero attached hydrogens (tertiary/aromatic N) is 1. The number of nitrogens with two attached hydrogens (primary N) is 1. The van der Waals surface area contributed by atoms with Crippen molar-refractivity contribution in [1.29, 1.82) is 0 Å². The minimum Gasteiger partial charge on any atom is -0.286 e. The van der Waals surface area contributed by atoms with Crippen LogP contribution in [0.5, 0.6) is 0 Å². The molecule has 0 bridgehead atoms. The van der Waals surface area contributed by atoms with E-state index >= 15 is 0 Å². The average Bonchev–Trinajstić information content (AvgIpc) is 2.65. The van der Waals surface area contributed by atoms with Gasteiger partial charge in [-0.1, -0.05) is 47.5 Å². The van der Waals surface area contributed by atoms with Crippen LogP contribution in [0.3, 0.4) is 0 Å². The maximum Gasteiger partial charge on any atom is 0.339 e. The van der Waals surface area contributed by atoms with Crippen molar-refractivity contribution >= 4 is 46.8 Å². The number of amides is 4. The van der Waals surface area contributed by atoms with Gasteiger partial charge in [-0.15, -0.1) is 0 Å². The fourth-order valence-corrected chi connectivity index (χ4v) is 2.36. The molecular formula is C16H12Cl2N4O4. The quantitative estimate of drug-likeness (QED) is 0.306. The second-order valence-corrected chi connectivity index (χ2v) is 5.63. The first-order valence-electron chi connectivity index (χ1n) is 7.06. The van der Waals surface area contributed by atoms with E-state index in [-0.39, 0.29) is 26.2 Å². The number of hydrazine groups is 2. The number of imide groups is 1. The highest BCUT2D eigenvalue weighted by atomic mass is 35.5. The molecule has 10 heteroatoms. The van der Waals surface area contributed by atoms with Gasteiger partial charge in [-0.2, -0.15) is 5.01 Å². The van der Waals surface area contributed by atoms with E-state index in [0.717, 1.165) is 0 Å². The fourth-order valence-electron chi connectivity index (χ4n) is 1.92. The van der Waals surface area contributed by atoms with Gasteiger partial charge in [-0.25, -0.2) is 5.84 Å². The molecule has 0 aliphatic heterocycles. The van der Waals surface area contributed by atoms with E-state index in [9.17, 15) is 19.2 Å². The molecule has 0 spiro atoms. The van der Waals surface area contributed by atoms with Crippen LogP contribution < -0.4 is 16.7 Å². The summed E-state index contributed by atoms with van der Waals surface area (Å²) in [6, 6.07) is 11.8. The zero-order valence-corrected chi connectivity index (χ0v) is 14.5. The first-order chi connectivity index (χ1) is 12.4. The Hall–Kier alpha value is -2.94. The monoisotopic (exact) mass is 394 g/mol. The Morgan fingerprint density at radius 3 is 1.85 bits per heavy atom. The highest BCUT2D eigenvalue weighted by Crippen LogP contribution is 2.18. The standard InChI is InChI=1S/C16H12Cl2N4O4/c17-11-7-3-1-5-9(11)13(23)21-22(16(26)14(24)20-19)15(25)10-6-2-4-8-12(10)18/h1-8H,19H2,(H,20,24)(H,21,23). The maximum absolute atomic E-state index is 12.6. The highest BCUT2D eigenvalue weighted by molar-refractivity contribution is 6.40. The van der Waals surface area contributed by atoms with Gasteiger partial charge in [0.25, 0.3) is 11.8 Å². The lowest BCUT2D eigenvalue weighted by molar-refractivity contribution is -0.145. The number of hydrogen-bond acceptors (Lipinski definition) is 5. The van der Waals surface area contributed by atoms with E-state index in [4.69, 9.17) is 29.0 Å². The summed E-state index contributed by atoms with van der Waals surface area (Å²) in [5.41, 5.74) is 3.54. The molecule has 0 saturated carbocycles. The molecule has 8 nitrogen and oxygen atoms in total. The number of rotatable bonds is 2. The molecule has 2 aromatic rings. The Morgan fingerprint density at radius 2 is 1.35 bits per heavy atom. The Balaban J connectivity index is 2.39. The SMILES string of the molecule is NNC(=O)C(=O)N(NC(=O)c1ccccc1Cl)C(=O)c1ccccc1Cl. The summed E-state index contributed by atoms with van der Waals surface area (Å²) in [6.45, 7) is 0. The van der Waals surface area contributed by atoms with Crippen LogP contribution in [0, 0.1) is 0 Å². The van der Waals surface area contributed by atoms with Gasteiger partial charge in [-0.3, -0.25) is 30.0 Å². The van der Waals surface area contributed by atoms with Crippen LogP contribution in [0.25, 0.3) is 0 Å². The molecule has 0 unspecified atom stereocenters. The minimum absolute atomic E-state index is 0.00733. The zero-order valence-electron chi connectivity index (χ0n) is 13.0. The maximum atomic E-state index is 12.6. The third-order valence-corrected chi connectivity index (χ3v) is 3.83. The lowest BCUT2D eigenvalue weighted by atomic mass is 10.2. The molecule has 0 atom stereocenters. The molecular weight excluding hydrogens is 383 g/mol. The van der Waals surface area contributed by atoms with Crippen molar-refractivity contribution in [2.24, 2.45) is 5.84 Å². The van der Waals surface area contributed by atoms with E-state index in [1.807, 2.05) is 0 Å². The molecule has 2 aromatic carbocycles. The number of nitrogens with one attached hydrogen (secondary N) is 2. The molecule has 0 aliphatic rings. The Morgan fingerprint density at radius 1 is 0.846 bits per heavy atom. The van der Waals surface area contributed by atoms with Gasteiger partial charge in [0.15, 0.2) is 0 Å². The number of carbonyl (C=O) groups is 4. The first kappa shape index (κ1) is 19.4. The summed E-state index contributed by atoms with van der Waals surface area (Å²) in [7, 11) is 0. The van der Waals surface area contributed by atoms with Crippen molar-refractivity contribution in [3.05, 3.63) is 69.7 Å². The largest absolute Gasteiger partial charge is 0.339 e. The topological polar surface area (TPSA) is 122 Å². The van der Waals surface area contributed by atoms with E-state index < -0.39 is 23.6 Å². The van der Waals surface area contributed by atoms with Gasteiger partial charge in [0.2, 0.25) is 0 Å². The van der Waals surface area contributed by atoms with Gasteiger partial charge in [0.05, 0.1) is 21.2 Å². The number of carbonyl (C=O) groups excluding carboxylic acids is 4. The molecule has 4 N–H and O–H groups in total. The van der Waals surface area contributed by atoms with Crippen molar-refractivity contribution in [3.63, 3.8) is 0 Å². The Labute approximate surface area is 157 Å². The third kappa shape index (κ3) is 4.17. The summed E-state index contributed by atoms with van der Waals surface area (Å²) in [6.07, 6.45) is 0. The molecule has 134 valence electrons. The molecule has 0 aromatic heterocycles. The lowest BCUT2D eigenvalue weighted by Crippen LogP contribution is -2.55. The summed E-state index contributed by atoms with van der Waals surface area (Å²) in [4.78, 5) is 48.7. The third-order valence-electron chi connectivity index (χ3n) is 3.17. The predicted molar refractivity (Wildman–Crippen MR) is 93.9 cm³/mol. The van der Waals surface area contributed by atoms with Crippen molar-refractivity contribution < 1.29 is 19.2 Å². The van der Waals surface area contributed by atoms with E-state index in [1.165, 1.54) is 36.4 Å². The highest BCUT2D eigenvalue weighted by Gasteiger charge is 2.31. The number of benzene rings is 2. The predicted octanol–water partition coefficient (Wildman–Crippen LogP) is 1.30. The number of halogens is 2. The summed E-state index contributed by atoms with van der Waals surface area (Å²) < 4.78 is 0. The molecule has 0 saturated heterocycles. The van der Waals surface area contributed by atoms with Crippen LogP contribution in [-0.2, 0) is 9.59 Å². The van der Waals surface area contributed by atoms with Crippen molar-refractivity contribution in [2.75, 3.05) is 0 Å².